The number of carbonyl (C=O) groups is 3. The summed E-state index contributed by atoms with van der Waals surface area (Å²) in [6.45, 7) is 9.79. The highest BCUT2D eigenvalue weighted by molar-refractivity contribution is 6.36. The number of benzene rings is 2. The molecule has 0 fully saturated rings. The Morgan fingerprint density at radius 2 is 1.50 bits per heavy atom. The van der Waals surface area contributed by atoms with E-state index in [9.17, 15) is 14.4 Å². The van der Waals surface area contributed by atoms with Gasteiger partial charge in [0.1, 0.15) is 11.4 Å². The van der Waals surface area contributed by atoms with Crippen molar-refractivity contribution < 1.29 is 19.1 Å². The monoisotopic (exact) mass is 435 g/mol. The SMILES string of the molecule is CC(=O)Nc1ccc(NC2=C(c3ccc(OCC(C)C)cc3)C(=O)N(C(C)C)C2=O)cc1. The molecule has 0 saturated carbocycles. The second-order valence-corrected chi connectivity index (χ2v) is 8.44. The molecule has 0 saturated heterocycles. The topological polar surface area (TPSA) is 87.7 Å². The first-order valence-corrected chi connectivity index (χ1v) is 10.7. The lowest BCUT2D eigenvalue weighted by Gasteiger charge is -2.19. The van der Waals surface area contributed by atoms with E-state index in [-0.39, 0.29) is 29.5 Å². The van der Waals surface area contributed by atoms with Gasteiger partial charge in [0.05, 0.1) is 12.2 Å². The van der Waals surface area contributed by atoms with E-state index in [1.54, 1.807) is 62.4 Å². The highest BCUT2D eigenvalue weighted by Crippen LogP contribution is 2.32. The Morgan fingerprint density at radius 1 is 0.906 bits per heavy atom. The fourth-order valence-electron chi connectivity index (χ4n) is 3.37. The van der Waals surface area contributed by atoms with Crippen LogP contribution in [0, 0.1) is 5.92 Å². The molecule has 0 aliphatic carbocycles. The number of nitrogens with one attached hydrogen (secondary N) is 2. The third-order valence-electron chi connectivity index (χ3n) is 4.83. The van der Waals surface area contributed by atoms with Crippen molar-refractivity contribution in [2.45, 2.75) is 40.7 Å². The van der Waals surface area contributed by atoms with E-state index in [4.69, 9.17) is 4.74 Å². The Balaban J connectivity index is 1.93. The smallest absolute Gasteiger partial charge is 0.278 e. The van der Waals surface area contributed by atoms with Gasteiger partial charge in [0.2, 0.25) is 5.91 Å². The average molecular weight is 436 g/mol. The van der Waals surface area contributed by atoms with Crippen molar-refractivity contribution in [3.05, 3.63) is 59.8 Å². The standard InChI is InChI=1S/C25H29N3O4/c1-15(2)14-32-21-12-6-18(7-13-21)22-23(25(31)28(16(3)4)24(22)30)27-20-10-8-19(9-11-20)26-17(5)29/h6-13,15-16,27H,14H2,1-5H3,(H,26,29). The van der Waals surface area contributed by atoms with Gasteiger partial charge in [-0.25, -0.2) is 0 Å². The number of amides is 3. The summed E-state index contributed by atoms with van der Waals surface area (Å²) in [6.07, 6.45) is 0. The summed E-state index contributed by atoms with van der Waals surface area (Å²) in [5, 5.41) is 5.81. The Morgan fingerprint density at radius 3 is 2.03 bits per heavy atom. The molecule has 2 aromatic carbocycles. The first-order valence-electron chi connectivity index (χ1n) is 10.7. The van der Waals surface area contributed by atoms with Gasteiger partial charge in [-0.1, -0.05) is 26.0 Å². The molecule has 1 aliphatic heterocycles. The van der Waals surface area contributed by atoms with Crippen molar-refractivity contribution >= 4 is 34.7 Å². The maximum absolute atomic E-state index is 13.2. The molecule has 2 N–H and O–H groups in total. The second-order valence-electron chi connectivity index (χ2n) is 8.44. The summed E-state index contributed by atoms with van der Waals surface area (Å²) < 4.78 is 5.73. The maximum Gasteiger partial charge on any atom is 0.278 e. The summed E-state index contributed by atoms with van der Waals surface area (Å²) in [4.78, 5) is 38.7. The van der Waals surface area contributed by atoms with Gasteiger partial charge in [-0.3, -0.25) is 19.3 Å². The van der Waals surface area contributed by atoms with E-state index >= 15 is 0 Å². The third kappa shape index (κ3) is 5.17. The molecule has 7 nitrogen and oxygen atoms in total. The van der Waals surface area contributed by atoms with E-state index in [1.165, 1.54) is 11.8 Å². The number of hydrogen-bond donors (Lipinski definition) is 2. The van der Waals surface area contributed by atoms with Crippen LogP contribution in [0.25, 0.3) is 5.57 Å². The van der Waals surface area contributed by atoms with Crippen LogP contribution in [0.5, 0.6) is 5.75 Å². The molecule has 3 amide bonds. The van der Waals surface area contributed by atoms with E-state index in [0.29, 0.717) is 40.8 Å². The molecule has 0 unspecified atom stereocenters. The van der Waals surface area contributed by atoms with Gasteiger partial charge in [0.25, 0.3) is 11.8 Å². The zero-order chi connectivity index (χ0) is 23.4. The van der Waals surface area contributed by atoms with Crippen molar-refractivity contribution in [3.63, 3.8) is 0 Å². The molecule has 1 heterocycles. The van der Waals surface area contributed by atoms with Gasteiger partial charge in [0.15, 0.2) is 0 Å². The molecule has 0 aromatic heterocycles. The van der Waals surface area contributed by atoms with Crippen LogP contribution in [-0.4, -0.2) is 35.3 Å². The summed E-state index contributed by atoms with van der Waals surface area (Å²) >= 11 is 0. The fourth-order valence-corrected chi connectivity index (χ4v) is 3.37. The van der Waals surface area contributed by atoms with E-state index in [2.05, 4.69) is 24.5 Å². The highest BCUT2D eigenvalue weighted by Gasteiger charge is 2.40. The lowest BCUT2D eigenvalue weighted by molar-refractivity contribution is -0.138. The van der Waals surface area contributed by atoms with E-state index in [0.717, 1.165) is 0 Å². The number of imide groups is 1. The molecule has 0 radical (unpaired) electrons. The number of carbonyl (C=O) groups excluding carboxylic acids is 3. The third-order valence-corrected chi connectivity index (χ3v) is 4.83. The van der Waals surface area contributed by atoms with Crippen LogP contribution in [0.2, 0.25) is 0 Å². The maximum atomic E-state index is 13.2. The molecule has 3 rings (SSSR count). The number of ether oxygens (including phenoxy) is 1. The summed E-state index contributed by atoms with van der Waals surface area (Å²) in [5.74, 6) is 0.243. The van der Waals surface area contributed by atoms with Crippen molar-refractivity contribution in [2.75, 3.05) is 17.2 Å². The van der Waals surface area contributed by atoms with Crippen LogP contribution >= 0.6 is 0 Å². The van der Waals surface area contributed by atoms with Gasteiger partial charge in [0, 0.05) is 24.3 Å². The minimum atomic E-state index is -0.369. The van der Waals surface area contributed by atoms with Crippen molar-refractivity contribution in [1.29, 1.82) is 0 Å². The molecular weight excluding hydrogens is 406 g/mol. The summed E-state index contributed by atoms with van der Waals surface area (Å²) in [7, 11) is 0. The number of hydrogen-bond acceptors (Lipinski definition) is 5. The zero-order valence-electron chi connectivity index (χ0n) is 19.1. The highest BCUT2D eigenvalue weighted by atomic mass is 16.5. The number of anilines is 2. The quantitative estimate of drug-likeness (QED) is 0.605. The predicted octanol–water partition coefficient (Wildman–Crippen LogP) is 4.28. The molecule has 0 atom stereocenters. The molecule has 168 valence electrons. The predicted molar refractivity (Wildman–Crippen MR) is 125 cm³/mol. The van der Waals surface area contributed by atoms with Crippen molar-refractivity contribution in [3.8, 4) is 5.75 Å². The van der Waals surface area contributed by atoms with Crippen LogP contribution in [0.1, 0.15) is 40.2 Å². The number of nitrogens with zero attached hydrogens (tertiary/aromatic N) is 1. The largest absolute Gasteiger partial charge is 0.493 e. The normalized spacial score (nSPS) is 13.9. The van der Waals surface area contributed by atoms with Gasteiger partial charge >= 0.3 is 0 Å². The molecule has 7 heteroatoms. The average Bonchev–Trinajstić information content (AvgIpc) is 2.97. The number of rotatable bonds is 8. The summed E-state index contributed by atoms with van der Waals surface area (Å²) in [5.41, 5.74) is 2.47. The van der Waals surface area contributed by atoms with Crippen LogP contribution in [0.4, 0.5) is 11.4 Å². The van der Waals surface area contributed by atoms with Crippen LogP contribution in [0.3, 0.4) is 0 Å². The van der Waals surface area contributed by atoms with E-state index in [1.807, 2.05) is 0 Å². The van der Waals surface area contributed by atoms with Gasteiger partial charge < -0.3 is 15.4 Å². The first-order chi connectivity index (χ1) is 15.2. The lowest BCUT2D eigenvalue weighted by Crippen LogP contribution is -2.38. The Hall–Kier alpha value is -3.61. The second kappa shape index (κ2) is 9.68. The van der Waals surface area contributed by atoms with Crippen molar-refractivity contribution in [1.82, 2.24) is 4.90 Å². The van der Waals surface area contributed by atoms with Crippen LogP contribution < -0.4 is 15.4 Å². The Labute approximate surface area is 188 Å². The molecule has 32 heavy (non-hydrogen) atoms. The molecule has 1 aliphatic rings. The minimum Gasteiger partial charge on any atom is -0.493 e. The minimum absolute atomic E-state index is 0.166. The Kier molecular flexibility index (Phi) is 6.98. The van der Waals surface area contributed by atoms with Crippen LogP contribution in [0.15, 0.2) is 54.2 Å². The van der Waals surface area contributed by atoms with Gasteiger partial charge in [-0.05, 0) is 61.7 Å². The van der Waals surface area contributed by atoms with Gasteiger partial charge in [-0.2, -0.15) is 0 Å². The molecule has 0 spiro atoms. The fraction of sp³-hybridized carbons (Fsp3) is 0.320. The molecule has 0 bridgehead atoms. The summed E-state index contributed by atoms with van der Waals surface area (Å²) in [6, 6.07) is 13.9. The Bertz CT molecular complexity index is 1040. The van der Waals surface area contributed by atoms with Crippen molar-refractivity contribution in [2.24, 2.45) is 5.92 Å². The lowest BCUT2D eigenvalue weighted by atomic mass is 10.0. The van der Waals surface area contributed by atoms with Gasteiger partial charge in [-0.15, -0.1) is 0 Å². The zero-order valence-corrected chi connectivity index (χ0v) is 19.1. The molecular formula is C25H29N3O4. The van der Waals surface area contributed by atoms with E-state index < -0.39 is 0 Å². The van der Waals surface area contributed by atoms with Crippen LogP contribution in [-0.2, 0) is 14.4 Å². The first kappa shape index (κ1) is 23.1. The molecule has 2 aromatic rings.